The van der Waals surface area contributed by atoms with Crippen LogP contribution in [0.1, 0.15) is 95.9 Å². The lowest BCUT2D eigenvalue weighted by atomic mass is 9.84. The first kappa shape index (κ1) is 58.7. The van der Waals surface area contributed by atoms with Crippen molar-refractivity contribution < 1.29 is 56.4 Å². The second kappa shape index (κ2) is 28.5. The van der Waals surface area contributed by atoms with Gasteiger partial charge in [-0.1, -0.05) is 83.1 Å². The van der Waals surface area contributed by atoms with E-state index in [4.69, 9.17) is 29.4 Å². The van der Waals surface area contributed by atoms with Crippen LogP contribution in [0.3, 0.4) is 0 Å². The first-order chi connectivity index (χ1) is 35.4. The molecule has 1 fully saturated rings. The Morgan fingerprint density at radius 2 is 1.59 bits per heavy atom. The number of nitrogen functional groups attached to an aromatic ring is 1. The number of nitrogens with two attached hydrogens (primary N) is 1. The zero-order valence-corrected chi connectivity index (χ0v) is 44.9. The molecule has 17 nitrogen and oxygen atoms in total. The van der Waals surface area contributed by atoms with Gasteiger partial charge in [-0.3, -0.25) is 9.59 Å². The molecule has 0 spiro atoms. The van der Waals surface area contributed by atoms with Crippen molar-refractivity contribution in [2.45, 2.75) is 115 Å². The van der Waals surface area contributed by atoms with Gasteiger partial charge in [-0.15, -0.1) is 0 Å². The Kier molecular flexibility index (Phi) is 22.6. The van der Waals surface area contributed by atoms with Crippen LogP contribution in [0.15, 0.2) is 102 Å². The molecule has 4 aromatic carbocycles. The first-order valence-corrected chi connectivity index (χ1v) is 27.0. The number of esters is 1. The normalized spacial score (nSPS) is 15.2. The Morgan fingerprint density at radius 1 is 0.865 bits per heavy atom. The average molecular weight is 1040 g/mol. The van der Waals surface area contributed by atoms with Crippen LogP contribution in [0.25, 0.3) is 0 Å². The number of aryl methyl sites for hydroxylation is 1. The molecule has 1 saturated heterocycles. The van der Waals surface area contributed by atoms with Crippen LogP contribution >= 0.6 is 0 Å². The fourth-order valence-electron chi connectivity index (χ4n) is 8.53. The van der Waals surface area contributed by atoms with Gasteiger partial charge in [0.05, 0.1) is 37.9 Å². The number of methoxy groups -OCH3 is 2. The van der Waals surface area contributed by atoms with Gasteiger partial charge in [-0.2, -0.15) is 4.31 Å². The number of aliphatic hydroxyl groups is 1. The zero-order valence-electron chi connectivity index (χ0n) is 44.0. The third kappa shape index (κ3) is 17.2. The minimum Gasteiger partial charge on any atom is -0.493 e. The number of nitrogens with one attached hydrogen (secondary N) is 2. The number of aliphatic hydroxyl groups excluding tert-OH is 1. The maximum Gasteiger partial charge on any atom is 0.407 e. The van der Waals surface area contributed by atoms with E-state index in [1.807, 2.05) is 93.6 Å². The molecule has 0 bridgehead atoms. The number of rotatable bonds is 29. The molecule has 0 aliphatic carbocycles. The highest BCUT2D eigenvalue weighted by Gasteiger charge is 2.41. The summed E-state index contributed by atoms with van der Waals surface area (Å²) in [5, 5.41) is 17.6. The fourth-order valence-corrected chi connectivity index (χ4v) is 10.1. The topological polar surface area (TPSA) is 225 Å². The van der Waals surface area contributed by atoms with Crippen molar-refractivity contribution in [3.63, 3.8) is 0 Å². The Labute approximate surface area is 437 Å². The molecule has 4 atom stereocenters. The van der Waals surface area contributed by atoms with Crippen molar-refractivity contribution in [3.05, 3.63) is 114 Å². The molecule has 5 N–H and O–H groups in total. The quantitative estimate of drug-likeness (QED) is 0.0181. The number of alkyl carbamates (subject to hydrolysis) is 1. The molecule has 1 heterocycles. The minimum absolute atomic E-state index is 0.0509. The number of benzene rings is 4. The van der Waals surface area contributed by atoms with Crippen LogP contribution in [0.2, 0.25) is 0 Å². The Morgan fingerprint density at radius 3 is 2.28 bits per heavy atom. The van der Waals surface area contributed by atoms with Crippen molar-refractivity contribution in [3.8, 4) is 17.2 Å². The van der Waals surface area contributed by atoms with E-state index in [1.165, 1.54) is 33.5 Å². The summed E-state index contributed by atoms with van der Waals surface area (Å²) >= 11 is 0. The van der Waals surface area contributed by atoms with Crippen LogP contribution in [-0.2, 0) is 46.7 Å². The molecular weight excluding hydrogens is 967 g/mol. The van der Waals surface area contributed by atoms with Gasteiger partial charge in [-0.25, -0.2) is 18.0 Å². The molecule has 0 saturated carbocycles. The summed E-state index contributed by atoms with van der Waals surface area (Å²) in [6.45, 7) is 10.6. The predicted molar refractivity (Wildman–Crippen MR) is 283 cm³/mol. The molecule has 18 heteroatoms. The third-order valence-electron chi connectivity index (χ3n) is 13.2. The van der Waals surface area contributed by atoms with Crippen LogP contribution in [-0.4, -0.2) is 125 Å². The van der Waals surface area contributed by atoms with E-state index >= 15 is 0 Å². The zero-order chi connectivity index (χ0) is 53.8. The van der Waals surface area contributed by atoms with Gasteiger partial charge >= 0.3 is 12.1 Å². The van der Waals surface area contributed by atoms with E-state index in [1.54, 1.807) is 28.1 Å². The van der Waals surface area contributed by atoms with Crippen LogP contribution in [0.5, 0.6) is 17.2 Å². The molecule has 4 aromatic rings. The maximum atomic E-state index is 14.1. The summed E-state index contributed by atoms with van der Waals surface area (Å²) in [7, 11) is -0.869. The van der Waals surface area contributed by atoms with E-state index in [0.29, 0.717) is 99.7 Å². The lowest BCUT2D eigenvalue weighted by Gasteiger charge is -2.36. The highest BCUT2D eigenvalue weighted by Crippen LogP contribution is 2.33. The lowest BCUT2D eigenvalue weighted by Crippen LogP contribution is -2.53. The second-order valence-corrected chi connectivity index (χ2v) is 21.6. The summed E-state index contributed by atoms with van der Waals surface area (Å²) < 4.78 is 57.6. The summed E-state index contributed by atoms with van der Waals surface area (Å²) in [6, 6.07) is 26.4. The Balaban J connectivity index is 1.16. The van der Waals surface area contributed by atoms with Gasteiger partial charge in [-0.05, 0) is 129 Å². The molecule has 404 valence electrons. The molecule has 0 aromatic heterocycles. The monoisotopic (exact) mass is 1040 g/mol. The summed E-state index contributed by atoms with van der Waals surface area (Å²) in [5.74, 6) is -0.0666. The molecule has 0 radical (unpaired) electrons. The van der Waals surface area contributed by atoms with Gasteiger partial charge in [0.25, 0.3) is 5.91 Å². The van der Waals surface area contributed by atoms with Crippen LogP contribution in [0.4, 0.5) is 10.5 Å². The number of carbonyl (C=O) groups excluding carboxylic acids is 4. The van der Waals surface area contributed by atoms with Gasteiger partial charge in [0, 0.05) is 37.3 Å². The van der Waals surface area contributed by atoms with E-state index in [9.17, 15) is 32.7 Å². The molecule has 2 amide bonds. The first-order valence-electron chi connectivity index (χ1n) is 25.6. The number of anilines is 1. The number of sulfonamides is 1. The number of hydrogen-bond acceptors (Lipinski definition) is 14. The number of likely N-dealkylation sites (tertiary alicyclic amines) is 1. The summed E-state index contributed by atoms with van der Waals surface area (Å²) in [5.41, 5.74) is 7.85. The van der Waals surface area contributed by atoms with Crippen molar-refractivity contribution in [2.24, 2.45) is 11.3 Å². The number of hydrogen-bond donors (Lipinski definition) is 4. The van der Waals surface area contributed by atoms with Crippen LogP contribution in [0, 0.1) is 11.3 Å². The van der Waals surface area contributed by atoms with Gasteiger partial charge in [0.15, 0.2) is 11.5 Å². The highest BCUT2D eigenvalue weighted by molar-refractivity contribution is 7.89. The number of carbonyl (C=O) groups is 4. The van der Waals surface area contributed by atoms with Gasteiger partial charge in [0.2, 0.25) is 15.8 Å². The molecular formula is C56H77N5O12S. The molecule has 1 aliphatic rings. The second-order valence-electron chi connectivity index (χ2n) is 19.7. The number of amides is 2. The SMILES string of the molecule is CCC(C)(C)C(=O)C(=O)N1CCCC[C@H]1C(=O)O[C@H](CCc1ccc(OC)c(OC)c1)c1cccc(OCCNCCCOC(=O)N[C@@H](Cc2ccccc2)[C@H](O)CN(CC(C)C)S(=O)(=O)c2ccc(N)cc2)c1. The van der Waals surface area contributed by atoms with Crippen molar-refractivity contribution >= 4 is 39.5 Å². The molecule has 0 unspecified atom stereocenters. The molecule has 5 rings (SSSR count). The summed E-state index contributed by atoms with van der Waals surface area (Å²) in [6.07, 6.45) is 1.15. The number of Topliss-reactive ketones (excluding diaryl/α,β-unsaturated/α-hetero) is 1. The maximum absolute atomic E-state index is 14.1. The standard InChI is InChI=1S/C56H77N5O12S/c1-8-56(4,5)52(63)53(64)61-31-13-12-20-47(61)54(65)73-49(27-21-41-22-28-50(69-6)51(35-41)70-7)42-18-14-19-44(36-42)71-33-30-58-29-15-32-72-55(66)59-46(34-40-16-10-9-11-17-40)48(62)38-60(37-39(2)3)74(67,68)45-25-23-43(57)24-26-45/h9-11,14,16-19,22-26,28,35-36,39,46-49,58,62H,8,12-13,15,20-21,27,29-34,37-38,57H2,1-7H3,(H,59,66)/t46-,47-,48+,49+/m0/s1. The van der Waals surface area contributed by atoms with Crippen molar-refractivity contribution in [1.82, 2.24) is 19.8 Å². The number of ether oxygens (including phenoxy) is 5. The smallest absolute Gasteiger partial charge is 0.407 e. The lowest BCUT2D eigenvalue weighted by molar-refractivity contribution is -0.164. The van der Waals surface area contributed by atoms with Crippen LogP contribution < -0.4 is 30.6 Å². The third-order valence-corrected chi connectivity index (χ3v) is 15.0. The largest absolute Gasteiger partial charge is 0.493 e. The van der Waals surface area contributed by atoms with E-state index in [-0.39, 0.29) is 36.9 Å². The fraction of sp³-hybridized carbons (Fsp3) is 0.500. The number of nitrogens with zero attached hydrogens (tertiary/aromatic N) is 2. The predicted octanol–water partition coefficient (Wildman–Crippen LogP) is 7.29. The highest BCUT2D eigenvalue weighted by atomic mass is 32.2. The van der Waals surface area contributed by atoms with Gasteiger partial charge < -0.3 is 50.1 Å². The van der Waals surface area contributed by atoms with Crippen molar-refractivity contribution in [2.75, 3.05) is 65.9 Å². The van der Waals surface area contributed by atoms with Crippen molar-refractivity contribution in [1.29, 1.82) is 0 Å². The number of piperidine rings is 1. The molecule has 74 heavy (non-hydrogen) atoms. The van der Waals surface area contributed by atoms with E-state index in [2.05, 4.69) is 10.6 Å². The minimum atomic E-state index is -4.01. The Bertz CT molecular complexity index is 2540. The average Bonchev–Trinajstić information content (AvgIpc) is 3.39. The number of ketones is 1. The van der Waals surface area contributed by atoms with E-state index < -0.39 is 63.5 Å². The Hall–Kier alpha value is -6.21. The molecule has 1 aliphatic heterocycles. The summed E-state index contributed by atoms with van der Waals surface area (Å²) in [4.78, 5) is 55.5. The van der Waals surface area contributed by atoms with Gasteiger partial charge in [0.1, 0.15) is 24.5 Å². The van der Waals surface area contributed by atoms with E-state index in [0.717, 1.165) is 11.1 Å².